The van der Waals surface area contributed by atoms with Gasteiger partial charge < -0.3 is 20.5 Å². The zero-order valence-corrected chi connectivity index (χ0v) is 22.2. The predicted octanol–water partition coefficient (Wildman–Crippen LogP) is 4.50. The Hall–Kier alpha value is -2.53. The molecule has 3 aromatic rings. The van der Waals surface area contributed by atoms with E-state index in [0.717, 1.165) is 27.8 Å². The van der Waals surface area contributed by atoms with Crippen LogP contribution in [0.3, 0.4) is 0 Å². The van der Waals surface area contributed by atoms with E-state index in [9.17, 15) is 14.7 Å². The molecule has 8 heteroatoms. The van der Waals surface area contributed by atoms with Crippen molar-refractivity contribution >= 4 is 42.5 Å². The first-order valence-corrected chi connectivity index (χ1v) is 13.2. The molecule has 0 aliphatic carbocycles. The topological polar surface area (TPSA) is 87.7 Å². The molecular formula is C29H37LiN2O4S. The number of ether oxygens (including phenoxy) is 1. The van der Waals surface area contributed by atoms with Crippen molar-refractivity contribution < 1.29 is 19.4 Å². The standard InChI is InChI=1S/C27H29NO4S.C2H7N.Li.H/c1-19-8-6-7-11-22(19)24-16-21(18-32-17-20-9-4-3-5-10-20)12-13-23(24)26(29)28-25(27(30)31)14-15-33-2;1-3-2;;/h3-13,16,25H,14-15,17-18H2,1-2H3,(H,28,29)(H,30,31);3H,1-2H3;;. The number of hydrogen-bond acceptors (Lipinski definition) is 5. The normalized spacial score (nSPS) is 10.9. The summed E-state index contributed by atoms with van der Waals surface area (Å²) in [6.45, 7) is 2.90. The van der Waals surface area contributed by atoms with Crippen LogP contribution in [0.1, 0.15) is 33.5 Å². The van der Waals surface area contributed by atoms with Gasteiger partial charge in [0.1, 0.15) is 6.04 Å². The summed E-state index contributed by atoms with van der Waals surface area (Å²) in [6.07, 6.45) is 2.28. The van der Waals surface area contributed by atoms with Crippen LogP contribution in [0.2, 0.25) is 0 Å². The first-order valence-electron chi connectivity index (χ1n) is 11.8. The quantitative estimate of drug-likeness (QED) is 0.325. The number of rotatable bonds is 11. The number of hydrogen-bond donors (Lipinski definition) is 3. The Morgan fingerprint density at radius 2 is 1.54 bits per heavy atom. The number of aryl methyl sites for hydroxylation is 1. The van der Waals surface area contributed by atoms with E-state index in [1.54, 1.807) is 17.8 Å². The summed E-state index contributed by atoms with van der Waals surface area (Å²) < 4.78 is 5.89. The molecular weight excluding hydrogens is 479 g/mol. The number of amides is 1. The molecule has 3 N–H and O–H groups in total. The fourth-order valence-electron chi connectivity index (χ4n) is 3.57. The third kappa shape index (κ3) is 10.8. The third-order valence-electron chi connectivity index (χ3n) is 5.36. The summed E-state index contributed by atoms with van der Waals surface area (Å²) in [4.78, 5) is 24.8. The van der Waals surface area contributed by atoms with E-state index in [0.29, 0.717) is 31.0 Å². The SMILES string of the molecule is CNC.CSCCC(NC(=O)c1ccc(COCc2ccccc2)cc1-c1ccccc1C)C(=O)O.[LiH]. The maximum absolute atomic E-state index is 13.1. The number of carboxylic acids is 1. The number of benzene rings is 3. The van der Waals surface area contributed by atoms with Gasteiger partial charge in [-0.25, -0.2) is 4.79 Å². The molecule has 0 fully saturated rings. The van der Waals surface area contributed by atoms with Gasteiger partial charge in [-0.2, -0.15) is 11.8 Å². The van der Waals surface area contributed by atoms with E-state index in [1.807, 2.05) is 94.0 Å². The Kier molecular flexibility index (Phi) is 15.7. The Morgan fingerprint density at radius 3 is 2.16 bits per heavy atom. The number of carbonyl (C=O) groups is 2. The van der Waals surface area contributed by atoms with Crippen LogP contribution in [-0.2, 0) is 22.7 Å². The number of aliphatic carboxylic acids is 1. The molecule has 0 spiro atoms. The Labute approximate surface area is 236 Å². The van der Waals surface area contributed by atoms with Gasteiger partial charge in [0.2, 0.25) is 0 Å². The fraction of sp³-hybridized carbons (Fsp3) is 0.310. The predicted molar refractivity (Wildman–Crippen MR) is 156 cm³/mol. The van der Waals surface area contributed by atoms with Gasteiger partial charge in [-0.1, -0.05) is 60.7 Å². The maximum atomic E-state index is 13.1. The fourth-order valence-corrected chi connectivity index (χ4v) is 4.04. The molecule has 0 aromatic heterocycles. The summed E-state index contributed by atoms with van der Waals surface area (Å²) >= 11 is 1.55. The van der Waals surface area contributed by atoms with Gasteiger partial charge in [0.15, 0.2) is 0 Å². The Morgan fingerprint density at radius 1 is 0.919 bits per heavy atom. The first-order chi connectivity index (χ1) is 17.4. The van der Waals surface area contributed by atoms with Gasteiger partial charge in [0, 0.05) is 5.56 Å². The summed E-state index contributed by atoms with van der Waals surface area (Å²) in [5.74, 6) is -0.765. The second-order valence-corrected chi connectivity index (χ2v) is 9.30. The second kappa shape index (κ2) is 17.8. The molecule has 37 heavy (non-hydrogen) atoms. The van der Waals surface area contributed by atoms with E-state index in [-0.39, 0.29) is 18.9 Å². The van der Waals surface area contributed by atoms with Crippen molar-refractivity contribution in [3.8, 4) is 11.1 Å². The van der Waals surface area contributed by atoms with Gasteiger partial charge in [0.05, 0.1) is 13.2 Å². The molecule has 0 heterocycles. The zero-order valence-electron chi connectivity index (χ0n) is 21.4. The summed E-state index contributed by atoms with van der Waals surface area (Å²) in [6, 6.07) is 22.5. The van der Waals surface area contributed by atoms with Crippen molar-refractivity contribution in [1.29, 1.82) is 0 Å². The van der Waals surface area contributed by atoms with E-state index < -0.39 is 17.9 Å². The molecule has 0 radical (unpaired) electrons. The minimum absolute atomic E-state index is 0. The molecule has 6 nitrogen and oxygen atoms in total. The van der Waals surface area contributed by atoms with Crippen molar-refractivity contribution in [2.75, 3.05) is 26.1 Å². The third-order valence-corrected chi connectivity index (χ3v) is 6.00. The Bertz CT molecular complexity index is 1110. The van der Waals surface area contributed by atoms with Crippen LogP contribution in [0, 0.1) is 6.92 Å². The summed E-state index contributed by atoms with van der Waals surface area (Å²) in [7, 11) is 3.75. The van der Waals surface area contributed by atoms with Crippen molar-refractivity contribution in [2.24, 2.45) is 0 Å². The molecule has 3 rings (SSSR count). The molecule has 0 bridgehead atoms. The molecule has 1 unspecified atom stereocenters. The molecule has 0 saturated heterocycles. The van der Waals surface area contributed by atoms with E-state index in [1.165, 1.54) is 0 Å². The summed E-state index contributed by atoms with van der Waals surface area (Å²) in [5.41, 5.74) is 5.22. The first kappa shape index (κ1) is 32.5. The molecule has 0 aliphatic rings. The molecule has 1 atom stereocenters. The molecule has 194 valence electrons. The minimum atomic E-state index is -1.03. The summed E-state index contributed by atoms with van der Waals surface area (Å²) in [5, 5.41) is 15.0. The second-order valence-electron chi connectivity index (χ2n) is 8.32. The van der Waals surface area contributed by atoms with Crippen molar-refractivity contribution in [1.82, 2.24) is 10.6 Å². The molecule has 3 aromatic carbocycles. The van der Waals surface area contributed by atoms with Crippen LogP contribution in [0.15, 0.2) is 72.8 Å². The Balaban J connectivity index is 0.00000163. The van der Waals surface area contributed by atoms with Crippen molar-refractivity contribution in [3.63, 3.8) is 0 Å². The van der Waals surface area contributed by atoms with Crippen LogP contribution in [0.25, 0.3) is 11.1 Å². The van der Waals surface area contributed by atoms with Gasteiger partial charge >= 0.3 is 24.8 Å². The van der Waals surface area contributed by atoms with Crippen LogP contribution in [0.5, 0.6) is 0 Å². The van der Waals surface area contributed by atoms with Gasteiger partial charge in [-0.3, -0.25) is 4.79 Å². The molecule has 0 aliphatic heterocycles. The van der Waals surface area contributed by atoms with Crippen LogP contribution in [0.4, 0.5) is 0 Å². The molecule has 1 amide bonds. The number of carbonyl (C=O) groups excluding carboxylic acids is 1. The number of nitrogens with one attached hydrogen (secondary N) is 2. The monoisotopic (exact) mass is 516 g/mol. The van der Waals surface area contributed by atoms with Crippen LogP contribution in [-0.4, -0.2) is 68.0 Å². The van der Waals surface area contributed by atoms with Crippen LogP contribution >= 0.6 is 11.8 Å². The number of thioether (sulfide) groups is 1. The van der Waals surface area contributed by atoms with Gasteiger partial charge in [0.25, 0.3) is 5.91 Å². The average molecular weight is 517 g/mol. The zero-order chi connectivity index (χ0) is 26.3. The number of carboxylic acid groups (broad SMARTS) is 1. The van der Waals surface area contributed by atoms with E-state index in [4.69, 9.17) is 4.74 Å². The van der Waals surface area contributed by atoms with Crippen LogP contribution < -0.4 is 10.6 Å². The molecule has 0 saturated carbocycles. The average Bonchev–Trinajstić information content (AvgIpc) is 2.87. The van der Waals surface area contributed by atoms with E-state index >= 15 is 0 Å². The van der Waals surface area contributed by atoms with E-state index in [2.05, 4.69) is 10.6 Å². The van der Waals surface area contributed by atoms with Crippen molar-refractivity contribution in [2.45, 2.75) is 32.6 Å². The van der Waals surface area contributed by atoms with Crippen molar-refractivity contribution in [3.05, 3.63) is 95.1 Å². The van der Waals surface area contributed by atoms with Gasteiger partial charge in [-0.05, 0) is 79.4 Å². The van der Waals surface area contributed by atoms with Gasteiger partial charge in [-0.15, -0.1) is 0 Å².